The molecule has 4 bridgehead atoms. The van der Waals surface area contributed by atoms with E-state index in [1.54, 1.807) is 0 Å². The van der Waals surface area contributed by atoms with E-state index in [-0.39, 0.29) is 38.5 Å². The van der Waals surface area contributed by atoms with E-state index in [9.17, 15) is 41.0 Å². The molecule has 1 fully saturated rings. The van der Waals surface area contributed by atoms with E-state index in [4.69, 9.17) is 9.15 Å². The molecule has 1 amide bonds. The first-order valence-electron chi connectivity index (χ1n) is 12.2. The van der Waals surface area contributed by atoms with Crippen LogP contribution in [-0.4, -0.2) is 43.9 Å². The van der Waals surface area contributed by atoms with Crippen LogP contribution in [0.2, 0.25) is 0 Å². The fourth-order valence-corrected chi connectivity index (χ4v) is 4.44. The number of carbonyl (C=O) groups excluding carboxylic acids is 2. The summed E-state index contributed by atoms with van der Waals surface area (Å²) in [5.41, 5.74) is -9.56. The molecule has 1 aliphatic carbocycles. The molecule has 4 rings (SSSR count). The molecule has 214 valence electrons. The number of anilines is 1. The molecule has 3 heterocycles. The minimum atomic E-state index is -5.22. The highest BCUT2D eigenvalue weighted by Crippen LogP contribution is 2.54. The van der Waals surface area contributed by atoms with Crippen molar-refractivity contribution < 1.29 is 50.2 Å². The Hall–Kier alpha value is -3.23. The second-order valence-corrected chi connectivity index (χ2v) is 10.8. The number of amides is 1. The van der Waals surface area contributed by atoms with E-state index in [1.807, 2.05) is 0 Å². The zero-order valence-electron chi connectivity index (χ0n) is 21.2. The quantitative estimate of drug-likeness (QED) is 0.394. The van der Waals surface area contributed by atoms with Crippen molar-refractivity contribution in [1.82, 2.24) is 15.2 Å². The molecule has 1 atom stereocenters. The number of hydrogen-bond donors (Lipinski definition) is 2. The third kappa shape index (κ3) is 5.72. The standard InChI is InChI=1S/C24H26F6N4O5/c1-20(2,3)39-19(36)31-13-11-12(23(25,26)27)14-16(35)21(9-10-21)7-5-4-6-8-22(37,24(28,29)30)18-34-33-17(38-18)15(13)32-14/h11,37H,4-10H2,1-3H3,(H,31,36)/t22-/m1/s1. The number of fused-ring (bicyclic) bond motifs is 5. The van der Waals surface area contributed by atoms with Gasteiger partial charge < -0.3 is 14.3 Å². The molecule has 1 spiro atoms. The van der Waals surface area contributed by atoms with Crippen LogP contribution in [0.3, 0.4) is 0 Å². The van der Waals surface area contributed by atoms with Gasteiger partial charge in [-0.3, -0.25) is 10.1 Å². The first kappa shape index (κ1) is 28.8. The van der Waals surface area contributed by atoms with Gasteiger partial charge in [0.15, 0.2) is 11.5 Å². The highest BCUT2D eigenvalue weighted by molar-refractivity contribution is 6.03. The molecule has 1 saturated carbocycles. The summed E-state index contributed by atoms with van der Waals surface area (Å²) in [4.78, 5) is 29.7. The lowest BCUT2D eigenvalue weighted by Crippen LogP contribution is -2.42. The molecule has 2 N–H and O–H groups in total. The van der Waals surface area contributed by atoms with E-state index in [0.29, 0.717) is 6.07 Å². The van der Waals surface area contributed by atoms with E-state index < -0.39 is 81.7 Å². The third-order valence-corrected chi connectivity index (χ3v) is 6.66. The van der Waals surface area contributed by atoms with E-state index in [0.717, 1.165) is 0 Å². The molecule has 15 heteroatoms. The summed E-state index contributed by atoms with van der Waals surface area (Å²) >= 11 is 0. The van der Waals surface area contributed by atoms with Crippen LogP contribution < -0.4 is 5.32 Å². The summed E-state index contributed by atoms with van der Waals surface area (Å²) in [6.07, 6.45) is -11.4. The maximum atomic E-state index is 14.1. The third-order valence-electron chi connectivity index (χ3n) is 6.66. The van der Waals surface area contributed by atoms with Gasteiger partial charge in [0.2, 0.25) is 5.60 Å². The molecule has 9 nitrogen and oxygen atoms in total. The van der Waals surface area contributed by atoms with Gasteiger partial charge in [-0.25, -0.2) is 9.78 Å². The zero-order valence-corrected chi connectivity index (χ0v) is 21.2. The predicted octanol–water partition coefficient (Wildman–Crippen LogP) is 6.17. The number of ether oxygens (including phenoxy) is 1. The second kappa shape index (κ2) is 9.45. The van der Waals surface area contributed by atoms with Gasteiger partial charge in [-0.2, -0.15) is 26.3 Å². The van der Waals surface area contributed by atoms with Crippen molar-refractivity contribution in [2.24, 2.45) is 5.41 Å². The molecule has 0 saturated heterocycles. The van der Waals surface area contributed by atoms with Crippen LogP contribution in [0, 0.1) is 5.41 Å². The molecular formula is C24H26F6N4O5. The summed E-state index contributed by atoms with van der Waals surface area (Å²) in [5, 5.41) is 19.4. The van der Waals surface area contributed by atoms with Crippen molar-refractivity contribution in [1.29, 1.82) is 0 Å². The number of ketones is 1. The van der Waals surface area contributed by atoms with Crippen LogP contribution in [0.1, 0.15) is 87.7 Å². The Balaban J connectivity index is 1.94. The Kier molecular flexibility index (Phi) is 6.97. The van der Waals surface area contributed by atoms with Gasteiger partial charge >= 0.3 is 18.4 Å². The van der Waals surface area contributed by atoms with Gasteiger partial charge in [-0.05, 0) is 58.9 Å². The minimum Gasteiger partial charge on any atom is -0.444 e. The molecule has 39 heavy (non-hydrogen) atoms. The van der Waals surface area contributed by atoms with Gasteiger partial charge in [0.1, 0.15) is 11.3 Å². The second-order valence-electron chi connectivity index (χ2n) is 10.8. The number of Topliss-reactive ketones (excluding diaryl/α,β-unsaturated/α-hetero) is 1. The lowest BCUT2D eigenvalue weighted by molar-refractivity contribution is -0.277. The lowest BCUT2D eigenvalue weighted by Gasteiger charge is -2.27. The Bertz CT molecular complexity index is 1280. The van der Waals surface area contributed by atoms with Gasteiger partial charge in [0.25, 0.3) is 11.8 Å². The summed E-state index contributed by atoms with van der Waals surface area (Å²) in [6, 6.07) is 0.432. The van der Waals surface area contributed by atoms with E-state index >= 15 is 0 Å². The number of aromatic nitrogens is 3. The summed E-state index contributed by atoms with van der Waals surface area (Å²) in [7, 11) is 0. The molecule has 2 aromatic heterocycles. The van der Waals surface area contributed by atoms with Gasteiger partial charge in [0.05, 0.1) is 11.3 Å². The molecule has 1 aliphatic heterocycles. The van der Waals surface area contributed by atoms with Crippen molar-refractivity contribution in [3.8, 4) is 11.6 Å². The zero-order chi connectivity index (χ0) is 29.0. The van der Waals surface area contributed by atoms with Crippen molar-refractivity contribution in [2.75, 3.05) is 5.32 Å². The Morgan fingerprint density at radius 2 is 1.64 bits per heavy atom. The van der Waals surface area contributed by atoms with Crippen molar-refractivity contribution >= 4 is 17.6 Å². The Morgan fingerprint density at radius 3 is 2.21 bits per heavy atom. The highest BCUT2D eigenvalue weighted by atomic mass is 19.4. The molecule has 2 aromatic rings. The fourth-order valence-electron chi connectivity index (χ4n) is 4.44. The number of pyridine rings is 1. The number of hydrogen-bond acceptors (Lipinski definition) is 8. The smallest absolute Gasteiger partial charge is 0.426 e. The Morgan fingerprint density at radius 1 is 1.00 bits per heavy atom. The van der Waals surface area contributed by atoms with Crippen LogP contribution in [0.5, 0.6) is 0 Å². The summed E-state index contributed by atoms with van der Waals surface area (Å²) in [6.45, 7) is 4.49. The highest BCUT2D eigenvalue weighted by Gasteiger charge is 2.59. The van der Waals surface area contributed by atoms with Crippen LogP contribution in [0.15, 0.2) is 10.5 Å². The average molecular weight is 564 g/mol. The first-order valence-corrected chi connectivity index (χ1v) is 12.2. The summed E-state index contributed by atoms with van der Waals surface area (Å²) < 4.78 is 94.4. The van der Waals surface area contributed by atoms with Crippen molar-refractivity contribution in [3.05, 3.63) is 23.2 Å². The predicted molar refractivity (Wildman–Crippen MR) is 121 cm³/mol. The molecule has 0 radical (unpaired) electrons. The van der Waals surface area contributed by atoms with Crippen LogP contribution in [-0.2, 0) is 16.5 Å². The lowest BCUT2D eigenvalue weighted by atomic mass is 9.88. The molecule has 0 unspecified atom stereocenters. The SMILES string of the molecule is CC(C)(C)OC(=O)Nc1cc(C(F)(F)F)c2nc1-c1nnc(o1)[C@@](O)(C(F)(F)F)CCCCCC1(CC1)C2=O. The maximum absolute atomic E-state index is 14.1. The molecular weight excluding hydrogens is 538 g/mol. The van der Waals surface area contributed by atoms with Crippen LogP contribution >= 0.6 is 0 Å². The number of nitrogens with zero attached hydrogens (tertiary/aromatic N) is 3. The number of halogens is 6. The van der Waals surface area contributed by atoms with Crippen LogP contribution in [0.25, 0.3) is 11.6 Å². The van der Waals surface area contributed by atoms with Crippen molar-refractivity contribution in [3.63, 3.8) is 0 Å². The van der Waals surface area contributed by atoms with Gasteiger partial charge in [0, 0.05) is 5.41 Å². The van der Waals surface area contributed by atoms with Crippen molar-refractivity contribution in [2.45, 2.75) is 89.3 Å². The number of alkyl halides is 6. The molecule has 0 aromatic carbocycles. The monoisotopic (exact) mass is 564 g/mol. The van der Waals surface area contributed by atoms with Gasteiger partial charge in [-0.1, -0.05) is 12.8 Å². The maximum Gasteiger partial charge on any atom is 0.426 e. The minimum absolute atomic E-state index is 0.138. The number of carbonyl (C=O) groups is 2. The number of rotatable bonds is 1. The normalized spacial score (nSPS) is 21.8. The average Bonchev–Trinajstić information content (AvgIpc) is 3.40. The Labute approximate surface area is 218 Å². The van der Waals surface area contributed by atoms with E-state index in [1.165, 1.54) is 20.8 Å². The number of nitrogens with one attached hydrogen (secondary N) is 1. The molecule has 2 aliphatic rings. The summed E-state index contributed by atoms with van der Waals surface area (Å²) in [5.74, 6) is -2.97. The van der Waals surface area contributed by atoms with Crippen LogP contribution in [0.4, 0.5) is 36.8 Å². The topological polar surface area (TPSA) is 127 Å². The van der Waals surface area contributed by atoms with E-state index in [2.05, 4.69) is 20.5 Å². The number of aliphatic hydroxyl groups is 1. The fraction of sp³-hybridized carbons (Fsp3) is 0.625. The van der Waals surface area contributed by atoms with Gasteiger partial charge in [-0.15, -0.1) is 10.2 Å². The first-order chi connectivity index (χ1) is 17.9. The largest absolute Gasteiger partial charge is 0.444 e.